The van der Waals surface area contributed by atoms with Crippen LogP contribution in [0.4, 0.5) is 5.82 Å². The summed E-state index contributed by atoms with van der Waals surface area (Å²) in [6, 6.07) is 8.55. The molecule has 10 heteroatoms. The maximum absolute atomic E-state index is 5.54. The summed E-state index contributed by atoms with van der Waals surface area (Å²) in [5.41, 5.74) is 5.74. The fraction of sp³-hybridized carbons (Fsp3) is 0.346. The van der Waals surface area contributed by atoms with E-state index in [2.05, 4.69) is 72.6 Å². The first-order valence-corrected chi connectivity index (χ1v) is 12.3. The number of ether oxygens (including phenoxy) is 1. The van der Waals surface area contributed by atoms with Crippen LogP contribution in [-0.2, 0) is 18.2 Å². The Morgan fingerprint density at radius 1 is 1.17 bits per heavy atom. The van der Waals surface area contributed by atoms with Crippen molar-refractivity contribution >= 4 is 27.8 Å². The van der Waals surface area contributed by atoms with E-state index in [9.17, 15) is 0 Å². The third-order valence-electron chi connectivity index (χ3n) is 6.76. The molecular weight excluding hydrogens is 454 g/mol. The number of pyridine rings is 1. The largest absolute Gasteiger partial charge is 0.379 e. The van der Waals surface area contributed by atoms with E-state index in [4.69, 9.17) is 9.72 Å². The van der Waals surface area contributed by atoms with Gasteiger partial charge in [0, 0.05) is 50.2 Å². The lowest BCUT2D eigenvalue weighted by Crippen LogP contribution is -2.37. The Morgan fingerprint density at radius 3 is 2.89 bits per heavy atom. The number of aryl methyl sites for hydroxylation is 1. The SMILES string of the molecule is CC(Nc1ncnc2nc[nH]c12)c1cc2cccc(-c3cnn(C)c3)c2c(CCN2CCOCC2)n1. The lowest BCUT2D eigenvalue weighted by Gasteiger charge is -2.27. The number of aromatic nitrogens is 7. The Morgan fingerprint density at radius 2 is 2.06 bits per heavy atom. The van der Waals surface area contributed by atoms with Crippen LogP contribution in [0, 0.1) is 0 Å². The van der Waals surface area contributed by atoms with Crippen LogP contribution in [0.25, 0.3) is 33.1 Å². The molecule has 1 aliphatic rings. The van der Waals surface area contributed by atoms with Crippen molar-refractivity contribution in [3.05, 3.63) is 60.7 Å². The molecule has 0 amide bonds. The van der Waals surface area contributed by atoms with Crippen molar-refractivity contribution in [3.8, 4) is 11.1 Å². The van der Waals surface area contributed by atoms with Gasteiger partial charge in [0.15, 0.2) is 11.5 Å². The predicted molar refractivity (Wildman–Crippen MR) is 139 cm³/mol. The number of H-pyrrole nitrogens is 1. The van der Waals surface area contributed by atoms with Crippen LogP contribution in [-0.4, -0.2) is 72.4 Å². The molecule has 1 aromatic carbocycles. The molecule has 0 radical (unpaired) electrons. The van der Waals surface area contributed by atoms with Crippen molar-refractivity contribution in [1.29, 1.82) is 0 Å². The molecule has 184 valence electrons. The molecule has 4 aromatic heterocycles. The number of morpholine rings is 1. The number of aromatic amines is 1. The average molecular weight is 484 g/mol. The van der Waals surface area contributed by atoms with Gasteiger partial charge in [-0.3, -0.25) is 14.6 Å². The number of fused-ring (bicyclic) bond motifs is 2. The molecule has 5 heterocycles. The predicted octanol–water partition coefficient (Wildman–Crippen LogP) is 3.35. The van der Waals surface area contributed by atoms with Crippen molar-refractivity contribution in [2.24, 2.45) is 7.05 Å². The molecule has 1 aliphatic heterocycles. The van der Waals surface area contributed by atoms with Crippen molar-refractivity contribution in [3.63, 3.8) is 0 Å². The number of rotatable bonds is 7. The third kappa shape index (κ3) is 4.40. The Hall–Kier alpha value is -3.89. The van der Waals surface area contributed by atoms with Crippen LogP contribution in [0.15, 0.2) is 49.3 Å². The van der Waals surface area contributed by atoms with Gasteiger partial charge in [-0.25, -0.2) is 15.0 Å². The molecule has 1 fully saturated rings. The third-order valence-corrected chi connectivity index (χ3v) is 6.76. The van der Waals surface area contributed by atoms with E-state index in [-0.39, 0.29) is 6.04 Å². The van der Waals surface area contributed by atoms with E-state index in [1.54, 1.807) is 6.33 Å². The number of imidazole rings is 1. The van der Waals surface area contributed by atoms with E-state index in [1.165, 1.54) is 17.1 Å². The lowest BCUT2D eigenvalue weighted by molar-refractivity contribution is 0.0384. The highest BCUT2D eigenvalue weighted by Gasteiger charge is 2.18. The molecule has 1 saturated heterocycles. The summed E-state index contributed by atoms with van der Waals surface area (Å²) in [5, 5.41) is 10.3. The maximum Gasteiger partial charge on any atom is 0.182 e. The number of hydrogen-bond acceptors (Lipinski definition) is 8. The minimum atomic E-state index is -0.0695. The number of anilines is 1. The van der Waals surface area contributed by atoms with Gasteiger partial charge in [-0.2, -0.15) is 5.10 Å². The molecule has 2 N–H and O–H groups in total. The quantitative estimate of drug-likeness (QED) is 0.363. The van der Waals surface area contributed by atoms with Crippen LogP contribution in [0.5, 0.6) is 0 Å². The Bertz CT molecular complexity index is 1500. The zero-order valence-corrected chi connectivity index (χ0v) is 20.5. The number of hydrogen-bond donors (Lipinski definition) is 2. The van der Waals surface area contributed by atoms with Gasteiger partial charge in [-0.15, -0.1) is 0 Å². The highest BCUT2D eigenvalue weighted by atomic mass is 16.5. The van der Waals surface area contributed by atoms with Crippen LogP contribution in [0.3, 0.4) is 0 Å². The van der Waals surface area contributed by atoms with E-state index >= 15 is 0 Å². The highest BCUT2D eigenvalue weighted by Crippen LogP contribution is 2.33. The van der Waals surface area contributed by atoms with Crippen LogP contribution < -0.4 is 5.32 Å². The number of nitrogens with zero attached hydrogens (tertiary/aromatic N) is 7. The van der Waals surface area contributed by atoms with Gasteiger partial charge in [0.05, 0.1) is 43.2 Å². The molecule has 0 aliphatic carbocycles. The molecule has 0 bridgehead atoms. The van der Waals surface area contributed by atoms with Crippen molar-refractivity contribution in [2.45, 2.75) is 19.4 Å². The zero-order valence-electron chi connectivity index (χ0n) is 20.5. The summed E-state index contributed by atoms with van der Waals surface area (Å²) in [6.45, 7) is 6.54. The lowest BCUT2D eigenvalue weighted by atomic mass is 9.96. The summed E-state index contributed by atoms with van der Waals surface area (Å²) in [5.74, 6) is 0.714. The van der Waals surface area contributed by atoms with E-state index in [1.807, 2.05) is 17.9 Å². The van der Waals surface area contributed by atoms with Gasteiger partial charge >= 0.3 is 0 Å². The topological polar surface area (TPSA) is 110 Å². The fourth-order valence-corrected chi connectivity index (χ4v) is 4.86. The number of nitrogens with one attached hydrogen (secondary N) is 2. The van der Waals surface area contributed by atoms with E-state index in [0.29, 0.717) is 11.5 Å². The smallest absolute Gasteiger partial charge is 0.182 e. The Labute approximate surface area is 208 Å². The summed E-state index contributed by atoms with van der Waals surface area (Å²) < 4.78 is 7.38. The highest BCUT2D eigenvalue weighted by molar-refractivity contribution is 5.98. The van der Waals surface area contributed by atoms with Gasteiger partial charge in [-0.05, 0) is 23.9 Å². The van der Waals surface area contributed by atoms with Crippen LogP contribution >= 0.6 is 0 Å². The van der Waals surface area contributed by atoms with E-state index < -0.39 is 0 Å². The van der Waals surface area contributed by atoms with E-state index in [0.717, 1.165) is 67.3 Å². The second-order valence-electron chi connectivity index (χ2n) is 9.19. The number of benzene rings is 1. The minimum Gasteiger partial charge on any atom is -0.379 e. The standard InChI is InChI=1S/C26H29N9O/c1-17(32-26-24-25(28-15-27-24)29-16-30-26)22-12-18-4-3-5-20(19-13-31-34(2)14-19)23(18)21(33-22)6-7-35-8-10-36-11-9-35/h3-5,12-17H,6-11H2,1-2H3,(H2,27,28,29,30,32). The van der Waals surface area contributed by atoms with Crippen LogP contribution in [0.1, 0.15) is 24.4 Å². The second kappa shape index (κ2) is 9.63. The second-order valence-corrected chi connectivity index (χ2v) is 9.19. The first-order valence-electron chi connectivity index (χ1n) is 12.3. The average Bonchev–Trinajstić information content (AvgIpc) is 3.57. The van der Waals surface area contributed by atoms with Gasteiger partial charge in [0.1, 0.15) is 11.8 Å². The maximum atomic E-state index is 5.54. The Kier molecular flexibility index (Phi) is 6.04. The molecule has 0 saturated carbocycles. The van der Waals surface area contributed by atoms with Gasteiger partial charge < -0.3 is 15.0 Å². The fourth-order valence-electron chi connectivity index (χ4n) is 4.86. The molecule has 1 atom stereocenters. The van der Waals surface area contributed by atoms with Gasteiger partial charge in [-0.1, -0.05) is 18.2 Å². The zero-order chi connectivity index (χ0) is 24.5. The van der Waals surface area contributed by atoms with Crippen LogP contribution in [0.2, 0.25) is 0 Å². The van der Waals surface area contributed by atoms with Gasteiger partial charge in [0.25, 0.3) is 0 Å². The first kappa shape index (κ1) is 22.6. The first-order chi connectivity index (χ1) is 17.7. The van der Waals surface area contributed by atoms with Crippen molar-refractivity contribution in [1.82, 2.24) is 39.6 Å². The molecule has 5 aromatic rings. The summed E-state index contributed by atoms with van der Waals surface area (Å²) in [6.07, 6.45) is 7.99. The summed E-state index contributed by atoms with van der Waals surface area (Å²) >= 11 is 0. The van der Waals surface area contributed by atoms with Crippen molar-refractivity contribution < 1.29 is 4.74 Å². The molecule has 0 spiro atoms. The molecule has 36 heavy (non-hydrogen) atoms. The Balaban J connectivity index is 1.39. The monoisotopic (exact) mass is 483 g/mol. The summed E-state index contributed by atoms with van der Waals surface area (Å²) in [7, 11) is 1.95. The summed E-state index contributed by atoms with van der Waals surface area (Å²) in [4.78, 5) is 23.7. The van der Waals surface area contributed by atoms with Gasteiger partial charge in [0.2, 0.25) is 0 Å². The minimum absolute atomic E-state index is 0.0695. The molecule has 10 nitrogen and oxygen atoms in total. The molecular formula is C26H29N9O. The molecule has 6 rings (SSSR count). The van der Waals surface area contributed by atoms with Crippen molar-refractivity contribution in [2.75, 3.05) is 38.2 Å². The molecule has 1 unspecified atom stereocenters. The normalized spacial score (nSPS) is 15.5.